The van der Waals surface area contributed by atoms with Crippen LogP contribution in [0.4, 0.5) is 0 Å². The fraction of sp³-hybridized carbons (Fsp3) is 1.00. The predicted octanol–water partition coefficient (Wildman–Crippen LogP) is 4.02. The Hall–Kier alpha value is -0.0400. The Balaban J connectivity index is 0.000000140. The van der Waals surface area contributed by atoms with E-state index in [4.69, 9.17) is 4.74 Å². The van der Waals surface area contributed by atoms with E-state index in [2.05, 4.69) is 13.8 Å². The number of ether oxygens (including phenoxy) is 1. The smallest absolute Gasteiger partial charge is 0.0491 e. The Morgan fingerprint density at radius 1 is 1.07 bits per heavy atom. The van der Waals surface area contributed by atoms with Crippen LogP contribution in [-0.4, -0.2) is 13.2 Å². The first kappa shape index (κ1) is 12.0. The van der Waals surface area contributed by atoms with Crippen LogP contribution in [0.3, 0.4) is 0 Å². The third-order valence-electron chi connectivity index (χ3n) is 3.44. The van der Waals surface area contributed by atoms with Gasteiger partial charge in [-0.2, -0.15) is 0 Å². The first-order valence-electron chi connectivity index (χ1n) is 6.40. The van der Waals surface area contributed by atoms with E-state index in [1.54, 1.807) is 0 Å². The molecule has 1 atom stereocenters. The molecule has 2 fully saturated rings. The van der Waals surface area contributed by atoms with Crippen molar-refractivity contribution in [2.24, 2.45) is 11.8 Å². The summed E-state index contributed by atoms with van der Waals surface area (Å²) in [5.74, 6) is 1.91. The summed E-state index contributed by atoms with van der Waals surface area (Å²) in [5.41, 5.74) is 0. The fourth-order valence-corrected chi connectivity index (χ4v) is 2.32. The Morgan fingerprint density at radius 3 is 2.07 bits per heavy atom. The molecular formula is C13H26O. The second kappa shape index (κ2) is 7.28. The minimum absolute atomic E-state index is 0.814. The van der Waals surface area contributed by atoms with Crippen molar-refractivity contribution in [3.05, 3.63) is 0 Å². The van der Waals surface area contributed by atoms with E-state index in [1.165, 1.54) is 44.9 Å². The van der Waals surface area contributed by atoms with Gasteiger partial charge in [-0.05, 0) is 24.7 Å². The summed E-state index contributed by atoms with van der Waals surface area (Å²) in [6.45, 7) is 6.51. The monoisotopic (exact) mass is 198 g/mol. The van der Waals surface area contributed by atoms with Crippen LogP contribution in [0, 0.1) is 11.8 Å². The van der Waals surface area contributed by atoms with Crippen LogP contribution in [0.15, 0.2) is 0 Å². The van der Waals surface area contributed by atoms with Gasteiger partial charge < -0.3 is 4.74 Å². The molecule has 0 aromatic heterocycles. The lowest BCUT2D eigenvalue weighted by atomic mass is 10.1. The minimum atomic E-state index is 0.814. The highest BCUT2D eigenvalue weighted by molar-refractivity contribution is 4.64. The molecule has 0 aromatic rings. The van der Waals surface area contributed by atoms with E-state index in [1.807, 2.05) is 0 Å². The van der Waals surface area contributed by atoms with Crippen LogP contribution < -0.4 is 0 Å². The summed E-state index contributed by atoms with van der Waals surface area (Å²) in [6, 6.07) is 0. The molecule has 1 saturated heterocycles. The third kappa shape index (κ3) is 4.99. The molecule has 1 heterocycles. The van der Waals surface area contributed by atoms with Crippen molar-refractivity contribution in [2.75, 3.05) is 13.2 Å². The van der Waals surface area contributed by atoms with E-state index in [-0.39, 0.29) is 0 Å². The molecule has 0 aromatic carbocycles. The fourth-order valence-electron chi connectivity index (χ4n) is 2.32. The van der Waals surface area contributed by atoms with Crippen molar-refractivity contribution in [2.45, 2.75) is 58.8 Å². The highest BCUT2D eigenvalue weighted by Crippen LogP contribution is 2.26. The molecule has 1 nitrogen and oxygen atoms in total. The zero-order valence-corrected chi connectivity index (χ0v) is 9.93. The average molecular weight is 198 g/mol. The molecule has 1 unspecified atom stereocenters. The van der Waals surface area contributed by atoms with E-state index < -0.39 is 0 Å². The maximum atomic E-state index is 5.18. The highest BCUT2D eigenvalue weighted by atomic mass is 16.5. The molecule has 0 spiro atoms. The molecule has 0 N–H and O–H groups in total. The molecular weight excluding hydrogens is 172 g/mol. The summed E-state index contributed by atoms with van der Waals surface area (Å²) in [7, 11) is 0. The van der Waals surface area contributed by atoms with Crippen molar-refractivity contribution < 1.29 is 4.74 Å². The van der Waals surface area contributed by atoms with Gasteiger partial charge in [0.25, 0.3) is 0 Å². The van der Waals surface area contributed by atoms with Crippen molar-refractivity contribution in [1.82, 2.24) is 0 Å². The van der Waals surface area contributed by atoms with Crippen LogP contribution in [0.1, 0.15) is 58.8 Å². The molecule has 2 aliphatic rings. The van der Waals surface area contributed by atoms with Crippen molar-refractivity contribution in [3.63, 3.8) is 0 Å². The summed E-state index contributed by atoms with van der Waals surface area (Å²) in [4.78, 5) is 0. The first-order chi connectivity index (χ1) is 6.83. The van der Waals surface area contributed by atoms with Gasteiger partial charge in [0.1, 0.15) is 0 Å². The van der Waals surface area contributed by atoms with Crippen LogP contribution in [-0.2, 0) is 4.74 Å². The zero-order chi connectivity index (χ0) is 10.2. The van der Waals surface area contributed by atoms with Gasteiger partial charge in [-0.15, -0.1) is 0 Å². The second-order valence-corrected chi connectivity index (χ2v) is 4.88. The SMILES string of the molecule is CC1CCCOC1.CCC1CCCC1. The van der Waals surface area contributed by atoms with Gasteiger partial charge in [0.15, 0.2) is 0 Å². The summed E-state index contributed by atoms with van der Waals surface area (Å²) >= 11 is 0. The lowest BCUT2D eigenvalue weighted by molar-refractivity contribution is 0.0616. The molecule has 0 radical (unpaired) electrons. The van der Waals surface area contributed by atoms with Gasteiger partial charge in [-0.3, -0.25) is 0 Å². The van der Waals surface area contributed by atoms with E-state index in [0.717, 1.165) is 25.0 Å². The maximum absolute atomic E-state index is 5.18. The van der Waals surface area contributed by atoms with Crippen LogP contribution >= 0.6 is 0 Å². The van der Waals surface area contributed by atoms with Crippen molar-refractivity contribution in [3.8, 4) is 0 Å². The van der Waals surface area contributed by atoms with E-state index in [9.17, 15) is 0 Å². The molecule has 1 heteroatoms. The van der Waals surface area contributed by atoms with Crippen LogP contribution in [0.2, 0.25) is 0 Å². The predicted molar refractivity (Wildman–Crippen MR) is 61.5 cm³/mol. The average Bonchev–Trinajstić information content (AvgIpc) is 2.72. The van der Waals surface area contributed by atoms with Crippen molar-refractivity contribution in [1.29, 1.82) is 0 Å². The van der Waals surface area contributed by atoms with Crippen LogP contribution in [0.25, 0.3) is 0 Å². The van der Waals surface area contributed by atoms with Gasteiger partial charge in [0.2, 0.25) is 0 Å². The number of hydrogen-bond acceptors (Lipinski definition) is 1. The zero-order valence-electron chi connectivity index (χ0n) is 9.93. The Kier molecular flexibility index (Phi) is 6.25. The lowest BCUT2D eigenvalue weighted by Crippen LogP contribution is -2.13. The molecule has 1 aliphatic carbocycles. The van der Waals surface area contributed by atoms with E-state index >= 15 is 0 Å². The second-order valence-electron chi connectivity index (χ2n) is 4.88. The largest absolute Gasteiger partial charge is 0.381 e. The minimum Gasteiger partial charge on any atom is -0.381 e. The Morgan fingerprint density at radius 2 is 1.79 bits per heavy atom. The highest BCUT2D eigenvalue weighted by Gasteiger charge is 2.11. The Bertz CT molecular complexity index is 121. The quantitative estimate of drug-likeness (QED) is 0.618. The standard InChI is InChI=1S/C7H14.C6H12O/c1-2-7-5-3-4-6-7;1-6-3-2-4-7-5-6/h7H,2-6H2,1H3;6H,2-5H2,1H3. The molecule has 2 rings (SSSR count). The van der Waals surface area contributed by atoms with Gasteiger partial charge in [0.05, 0.1) is 0 Å². The Labute approximate surface area is 89.2 Å². The first-order valence-corrected chi connectivity index (χ1v) is 6.40. The molecule has 14 heavy (non-hydrogen) atoms. The molecule has 0 bridgehead atoms. The molecule has 84 valence electrons. The molecule has 1 saturated carbocycles. The topological polar surface area (TPSA) is 9.23 Å². The molecule has 1 aliphatic heterocycles. The summed E-state index contributed by atoms with van der Waals surface area (Å²) in [5, 5.41) is 0. The van der Waals surface area contributed by atoms with Gasteiger partial charge in [-0.1, -0.05) is 46.0 Å². The van der Waals surface area contributed by atoms with Gasteiger partial charge in [0, 0.05) is 13.2 Å². The van der Waals surface area contributed by atoms with Gasteiger partial charge in [-0.25, -0.2) is 0 Å². The normalized spacial score (nSPS) is 28.3. The summed E-state index contributed by atoms with van der Waals surface area (Å²) in [6.07, 6.45) is 10.1. The maximum Gasteiger partial charge on any atom is 0.0491 e. The van der Waals surface area contributed by atoms with Gasteiger partial charge >= 0.3 is 0 Å². The van der Waals surface area contributed by atoms with Crippen molar-refractivity contribution >= 4 is 0 Å². The molecule has 0 amide bonds. The summed E-state index contributed by atoms with van der Waals surface area (Å²) < 4.78 is 5.18. The van der Waals surface area contributed by atoms with Crippen LogP contribution in [0.5, 0.6) is 0 Å². The van der Waals surface area contributed by atoms with E-state index in [0.29, 0.717) is 0 Å². The lowest BCUT2D eigenvalue weighted by Gasteiger charge is -2.16. The third-order valence-corrected chi connectivity index (χ3v) is 3.44. The number of hydrogen-bond donors (Lipinski definition) is 0. The number of rotatable bonds is 1.